The molecule has 1 atom stereocenters. The molecule has 0 radical (unpaired) electrons. The van der Waals surface area contributed by atoms with E-state index in [1.54, 1.807) is 23.7 Å². The molecule has 0 amide bonds. The summed E-state index contributed by atoms with van der Waals surface area (Å²) in [5.41, 5.74) is 7.21. The summed E-state index contributed by atoms with van der Waals surface area (Å²) in [6.07, 6.45) is 4.66. The molecule has 1 aliphatic rings. The highest BCUT2D eigenvalue weighted by Crippen LogP contribution is 2.30. The first-order chi connectivity index (χ1) is 9.68. The molecule has 0 saturated carbocycles. The van der Waals surface area contributed by atoms with Crippen molar-refractivity contribution < 1.29 is 0 Å². The molecule has 2 aromatic heterocycles. The Kier molecular flexibility index (Phi) is 3.78. The first-order valence-electron chi connectivity index (χ1n) is 6.83. The van der Waals surface area contributed by atoms with E-state index < -0.39 is 0 Å². The Morgan fingerprint density at radius 2 is 2.20 bits per heavy atom. The first-order valence-corrected chi connectivity index (χ1v) is 7.71. The average Bonchev–Trinajstić information content (AvgIpc) is 3.08. The van der Waals surface area contributed by atoms with Crippen LogP contribution in [0.25, 0.3) is 10.8 Å². The largest absolute Gasteiger partial charge is 0.330 e. The molecule has 1 unspecified atom stereocenters. The van der Waals surface area contributed by atoms with Crippen LogP contribution in [0.4, 0.5) is 0 Å². The van der Waals surface area contributed by atoms with Crippen molar-refractivity contribution >= 4 is 11.3 Å². The van der Waals surface area contributed by atoms with Crippen LogP contribution in [0.1, 0.15) is 19.0 Å². The number of hydrogen-bond acceptors (Lipinski definition) is 6. The summed E-state index contributed by atoms with van der Waals surface area (Å²) in [6, 6.07) is 1.82. The predicted octanol–water partition coefficient (Wildman–Crippen LogP) is 1.77. The zero-order chi connectivity index (χ0) is 14.0. The van der Waals surface area contributed by atoms with Crippen LogP contribution in [-0.2, 0) is 6.54 Å². The van der Waals surface area contributed by atoms with E-state index >= 15 is 0 Å². The van der Waals surface area contributed by atoms with Crippen LogP contribution in [0.5, 0.6) is 0 Å². The molecule has 6 heteroatoms. The second kappa shape index (κ2) is 5.55. The Morgan fingerprint density at radius 1 is 1.40 bits per heavy atom. The molecule has 20 heavy (non-hydrogen) atoms. The molecule has 0 spiro atoms. The summed E-state index contributed by atoms with van der Waals surface area (Å²) in [5.74, 6) is 0.706. The van der Waals surface area contributed by atoms with Crippen LogP contribution in [0, 0.1) is 5.41 Å². The molecule has 1 fully saturated rings. The maximum atomic E-state index is 5.85. The molecule has 0 aromatic carbocycles. The smallest absolute Gasteiger partial charge is 0.188 e. The normalized spacial score (nSPS) is 23.3. The lowest BCUT2D eigenvalue weighted by Gasteiger charge is -2.22. The minimum absolute atomic E-state index is 0.265. The van der Waals surface area contributed by atoms with Crippen molar-refractivity contribution in [2.45, 2.75) is 19.9 Å². The second-order valence-electron chi connectivity index (χ2n) is 5.69. The third-order valence-corrected chi connectivity index (χ3v) is 4.71. The van der Waals surface area contributed by atoms with Crippen LogP contribution >= 0.6 is 11.3 Å². The molecule has 1 aliphatic heterocycles. The number of hydrogen-bond donors (Lipinski definition) is 1. The van der Waals surface area contributed by atoms with Crippen LogP contribution in [-0.4, -0.2) is 39.5 Å². The molecule has 3 rings (SSSR count). The van der Waals surface area contributed by atoms with Gasteiger partial charge in [-0.3, -0.25) is 4.90 Å². The Bertz CT molecular complexity index is 570. The third-order valence-electron chi connectivity index (χ3n) is 3.82. The molecular weight excluding hydrogens is 270 g/mol. The Balaban J connectivity index is 1.67. The van der Waals surface area contributed by atoms with Gasteiger partial charge in [-0.2, -0.15) is 0 Å². The minimum Gasteiger partial charge on any atom is -0.330 e. The Hall–Kier alpha value is -1.37. The Morgan fingerprint density at radius 3 is 2.90 bits per heavy atom. The van der Waals surface area contributed by atoms with Gasteiger partial charge in [0.05, 0.1) is 5.69 Å². The molecular formula is C14H19N5S. The number of rotatable bonds is 4. The molecule has 2 N–H and O–H groups in total. The minimum atomic E-state index is 0.265. The van der Waals surface area contributed by atoms with Crippen molar-refractivity contribution in [2.24, 2.45) is 11.1 Å². The molecule has 2 aromatic rings. The number of aromatic nitrogens is 3. The second-order valence-corrected chi connectivity index (χ2v) is 6.55. The first kappa shape index (κ1) is 13.6. The maximum Gasteiger partial charge on any atom is 0.188 e. The van der Waals surface area contributed by atoms with E-state index in [0.717, 1.165) is 36.9 Å². The molecule has 106 valence electrons. The van der Waals surface area contributed by atoms with Crippen LogP contribution < -0.4 is 5.73 Å². The van der Waals surface area contributed by atoms with Crippen LogP contribution in [0.3, 0.4) is 0 Å². The van der Waals surface area contributed by atoms with Gasteiger partial charge >= 0.3 is 0 Å². The summed E-state index contributed by atoms with van der Waals surface area (Å²) in [7, 11) is 0. The van der Waals surface area contributed by atoms with E-state index in [9.17, 15) is 0 Å². The SMILES string of the molecule is CC1(CN)CCN(Cc2csc(-c3ncccn3)n2)C1. The van der Waals surface area contributed by atoms with E-state index in [4.69, 9.17) is 5.73 Å². The van der Waals surface area contributed by atoms with Gasteiger partial charge < -0.3 is 5.73 Å². The van der Waals surface area contributed by atoms with Gasteiger partial charge in [0.15, 0.2) is 10.8 Å². The fraction of sp³-hybridized carbons (Fsp3) is 0.500. The maximum absolute atomic E-state index is 5.85. The molecule has 0 bridgehead atoms. The number of nitrogens with two attached hydrogens (primary N) is 1. The standard InChI is InChI=1S/C14H19N5S/c1-14(9-15)3-6-19(10-14)7-11-8-20-13(18-11)12-16-4-2-5-17-12/h2,4-5,8H,3,6-7,9-10,15H2,1H3. The van der Waals surface area contributed by atoms with Crippen molar-refractivity contribution in [2.75, 3.05) is 19.6 Å². The lowest BCUT2D eigenvalue weighted by atomic mass is 9.90. The third kappa shape index (κ3) is 2.87. The fourth-order valence-corrected chi connectivity index (χ4v) is 3.30. The molecule has 3 heterocycles. The van der Waals surface area contributed by atoms with Gasteiger partial charge in [0.1, 0.15) is 0 Å². The van der Waals surface area contributed by atoms with E-state index in [1.807, 2.05) is 6.07 Å². The van der Waals surface area contributed by atoms with Crippen molar-refractivity contribution in [3.05, 3.63) is 29.5 Å². The van der Waals surface area contributed by atoms with Crippen LogP contribution in [0.15, 0.2) is 23.8 Å². The summed E-state index contributed by atoms with van der Waals surface area (Å²) < 4.78 is 0. The highest BCUT2D eigenvalue weighted by molar-refractivity contribution is 7.13. The quantitative estimate of drug-likeness (QED) is 0.929. The van der Waals surface area contributed by atoms with Crippen molar-refractivity contribution in [1.29, 1.82) is 0 Å². The zero-order valence-corrected chi connectivity index (χ0v) is 12.4. The van der Waals surface area contributed by atoms with Gasteiger partial charge in [0, 0.05) is 30.9 Å². The van der Waals surface area contributed by atoms with E-state index in [2.05, 4.69) is 32.2 Å². The predicted molar refractivity (Wildman–Crippen MR) is 80.2 cm³/mol. The van der Waals surface area contributed by atoms with E-state index in [-0.39, 0.29) is 5.41 Å². The number of thiazole rings is 1. The lowest BCUT2D eigenvalue weighted by molar-refractivity contribution is 0.272. The van der Waals surface area contributed by atoms with Gasteiger partial charge in [-0.05, 0) is 31.0 Å². The number of likely N-dealkylation sites (tertiary alicyclic amines) is 1. The van der Waals surface area contributed by atoms with Crippen molar-refractivity contribution in [3.8, 4) is 10.8 Å². The van der Waals surface area contributed by atoms with Gasteiger partial charge in [-0.15, -0.1) is 11.3 Å². The van der Waals surface area contributed by atoms with E-state index in [0.29, 0.717) is 5.82 Å². The fourth-order valence-electron chi connectivity index (χ4n) is 2.55. The highest BCUT2D eigenvalue weighted by atomic mass is 32.1. The van der Waals surface area contributed by atoms with Gasteiger partial charge in [-0.1, -0.05) is 6.92 Å². The zero-order valence-electron chi connectivity index (χ0n) is 11.6. The monoisotopic (exact) mass is 289 g/mol. The molecule has 1 saturated heterocycles. The summed E-state index contributed by atoms with van der Waals surface area (Å²) in [4.78, 5) is 15.5. The van der Waals surface area contributed by atoms with Gasteiger partial charge in [0.25, 0.3) is 0 Å². The van der Waals surface area contributed by atoms with E-state index in [1.165, 1.54) is 6.42 Å². The summed E-state index contributed by atoms with van der Waals surface area (Å²) in [5, 5.41) is 2.99. The van der Waals surface area contributed by atoms with Crippen molar-refractivity contribution in [1.82, 2.24) is 19.9 Å². The molecule has 5 nitrogen and oxygen atoms in total. The summed E-state index contributed by atoms with van der Waals surface area (Å²) >= 11 is 1.60. The Labute approximate surface area is 122 Å². The van der Waals surface area contributed by atoms with Crippen LogP contribution in [0.2, 0.25) is 0 Å². The van der Waals surface area contributed by atoms with Gasteiger partial charge in [0.2, 0.25) is 0 Å². The topological polar surface area (TPSA) is 67.9 Å². The van der Waals surface area contributed by atoms with Gasteiger partial charge in [-0.25, -0.2) is 15.0 Å². The number of nitrogens with zero attached hydrogens (tertiary/aromatic N) is 4. The average molecular weight is 289 g/mol. The highest BCUT2D eigenvalue weighted by Gasteiger charge is 2.32. The lowest BCUT2D eigenvalue weighted by Crippen LogP contribution is -2.31. The summed E-state index contributed by atoms with van der Waals surface area (Å²) in [6.45, 7) is 6.06. The molecule has 0 aliphatic carbocycles. The van der Waals surface area contributed by atoms with Crippen molar-refractivity contribution in [3.63, 3.8) is 0 Å².